The van der Waals surface area contributed by atoms with Crippen molar-refractivity contribution < 1.29 is 14.3 Å². The molecule has 0 bridgehead atoms. The molecule has 28 heavy (non-hydrogen) atoms. The lowest BCUT2D eigenvalue weighted by Crippen LogP contribution is -2.12. The van der Waals surface area contributed by atoms with Crippen LogP contribution in [-0.4, -0.2) is 25.1 Å². The Hall–Kier alpha value is -3.54. The van der Waals surface area contributed by atoms with Crippen LogP contribution < -0.4 is 20.1 Å². The smallest absolute Gasteiger partial charge is 0.224 e. The van der Waals surface area contributed by atoms with Crippen LogP contribution in [0, 0.1) is 0 Å². The zero-order valence-corrected chi connectivity index (χ0v) is 15.9. The van der Waals surface area contributed by atoms with Crippen LogP contribution in [0.15, 0.2) is 66.9 Å². The van der Waals surface area contributed by atoms with Crippen LogP contribution in [0.2, 0.25) is 0 Å². The SMILES string of the molecule is COc1ccc(Nc2ccc(NC(=O)CCc3ccccc3)cn2)cc1OC. The van der Waals surface area contributed by atoms with E-state index in [9.17, 15) is 4.79 Å². The number of carbonyl (C=O) groups is 1. The molecule has 1 aromatic heterocycles. The molecule has 0 atom stereocenters. The largest absolute Gasteiger partial charge is 0.493 e. The molecule has 2 N–H and O–H groups in total. The second kappa shape index (κ2) is 9.41. The Morgan fingerprint density at radius 3 is 2.36 bits per heavy atom. The predicted octanol–water partition coefficient (Wildman–Crippen LogP) is 4.41. The maximum absolute atomic E-state index is 12.1. The van der Waals surface area contributed by atoms with Crippen molar-refractivity contribution in [1.82, 2.24) is 4.98 Å². The van der Waals surface area contributed by atoms with Crippen molar-refractivity contribution in [1.29, 1.82) is 0 Å². The predicted molar refractivity (Wildman–Crippen MR) is 110 cm³/mol. The Balaban J connectivity index is 1.55. The second-order valence-corrected chi connectivity index (χ2v) is 6.16. The summed E-state index contributed by atoms with van der Waals surface area (Å²) in [7, 11) is 3.19. The Bertz CT molecular complexity index is 912. The summed E-state index contributed by atoms with van der Waals surface area (Å²) in [6.45, 7) is 0. The number of methoxy groups -OCH3 is 2. The van der Waals surface area contributed by atoms with E-state index in [2.05, 4.69) is 15.6 Å². The summed E-state index contributed by atoms with van der Waals surface area (Å²) in [5, 5.41) is 6.07. The van der Waals surface area contributed by atoms with Crippen LogP contribution in [0.25, 0.3) is 0 Å². The molecule has 3 aromatic rings. The molecule has 2 aromatic carbocycles. The van der Waals surface area contributed by atoms with Gasteiger partial charge < -0.3 is 20.1 Å². The number of pyridine rings is 1. The average molecular weight is 377 g/mol. The number of benzene rings is 2. The third-order valence-corrected chi connectivity index (χ3v) is 4.19. The van der Waals surface area contributed by atoms with Gasteiger partial charge in [-0.3, -0.25) is 4.79 Å². The second-order valence-electron chi connectivity index (χ2n) is 6.16. The molecule has 3 rings (SSSR count). The summed E-state index contributed by atoms with van der Waals surface area (Å²) in [6.07, 6.45) is 2.76. The zero-order valence-electron chi connectivity index (χ0n) is 15.9. The zero-order chi connectivity index (χ0) is 19.8. The van der Waals surface area contributed by atoms with Gasteiger partial charge in [0.05, 0.1) is 26.1 Å². The molecular formula is C22H23N3O3. The fraction of sp³-hybridized carbons (Fsp3) is 0.182. The number of nitrogens with zero attached hydrogens (tertiary/aromatic N) is 1. The fourth-order valence-electron chi connectivity index (χ4n) is 2.73. The number of aromatic nitrogens is 1. The molecule has 1 amide bonds. The summed E-state index contributed by atoms with van der Waals surface area (Å²) < 4.78 is 10.5. The lowest BCUT2D eigenvalue weighted by Gasteiger charge is -2.11. The molecule has 144 valence electrons. The highest BCUT2D eigenvalue weighted by molar-refractivity contribution is 5.90. The highest BCUT2D eigenvalue weighted by atomic mass is 16.5. The molecule has 6 heteroatoms. The normalized spacial score (nSPS) is 10.2. The molecule has 0 unspecified atom stereocenters. The summed E-state index contributed by atoms with van der Waals surface area (Å²) >= 11 is 0. The maximum Gasteiger partial charge on any atom is 0.224 e. The van der Waals surface area contributed by atoms with E-state index in [0.717, 1.165) is 11.3 Å². The van der Waals surface area contributed by atoms with Crippen LogP contribution >= 0.6 is 0 Å². The van der Waals surface area contributed by atoms with Gasteiger partial charge in [-0.1, -0.05) is 30.3 Å². The number of carbonyl (C=O) groups excluding carboxylic acids is 1. The van der Waals surface area contributed by atoms with Gasteiger partial charge in [-0.05, 0) is 36.2 Å². The van der Waals surface area contributed by atoms with Crippen molar-refractivity contribution in [3.63, 3.8) is 0 Å². The number of ether oxygens (including phenoxy) is 2. The minimum absolute atomic E-state index is 0.0359. The number of anilines is 3. The van der Waals surface area contributed by atoms with Crippen molar-refractivity contribution in [3.05, 3.63) is 72.4 Å². The van der Waals surface area contributed by atoms with Crippen LogP contribution in [0.1, 0.15) is 12.0 Å². The topological polar surface area (TPSA) is 72.5 Å². The Morgan fingerprint density at radius 1 is 0.929 bits per heavy atom. The molecule has 0 aliphatic rings. The molecule has 0 radical (unpaired) electrons. The third kappa shape index (κ3) is 5.23. The van der Waals surface area contributed by atoms with Gasteiger partial charge in [0.15, 0.2) is 11.5 Å². The van der Waals surface area contributed by atoms with Gasteiger partial charge in [0.25, 0.3) is 0 Å². The van der Waals surface area contributed by atoms with Crippen molar-refractivity contribution in [2.45, 2.75) is 12.8 Å². The molecule has 6 nitrogen and oxygen atoms in total. The Kier molecular flexibility index (Phi) is 6.46. The third-order valence-electron chi connectivity index (χ3n) is 4.19. The number of hydrogen-bond acceptors (Lipinski definition) is 5. The minimum atomic E-state index is -0.0359. The molecule has 0 aliphatic carbocycles. The van der Waals surface area contributed by atoms with Crippen LogP contribution in [-0.2, 0) is 11.2 Å². The number of hydrogen-bond donors (Lipinski definition) is 2. The van der Waals surface area contributed by atoms with Gasteiger partial charge >= 0.3 is 0 Å². The van der Waals surface area contributed by atoms with Crippen LogP contribution in [0.5, 0.6) is 11.5 Å². The van der Waals surface area contributed by atoms with Crippen molar-refractivity contribution in [2.24, 2.45) is 0 Å². The Labute approximate surface area is 164 Å². The molecule has 0 fully saturated rings. The molecule has 0 saturated heterocycles. The van der Waals surface area contributed by atoms with Gasteiger partial charge in [-0.25, -0.2) is 4.98 Å². The lowest BCUT2D eigenvalue weighted by atomic mass is 10.1. The molecular weight excluding hydrogens is 354 g/mol. The molecule has 0 aliphatic heterocycles. The van der Waals surface area contributed by atoms with E-state index in [1.165, 1.54) is 0 Å². The quantitative estimate of drug-likeness (QED) is 0.608. The van der Waals surface area contributed by atoms with Gasteiger partial charge in [0.2, 0.25) is 5.91 Å². The molecule has 1 heterocycles. The van der Waals surface area contributed by atoms with E-state index in [0.29, 0.717) is 35.8 Å². The number of rotatable bonds is 8. The van der Waals surface area contributed by atoms with Crippen molar-refractivity contribution in [2.75, 3.05) is 24.9 Å². The van der Waals surface area contributed by atoms with Crippen molar-refractivity contribution >= 4 is 23.1 Å². The van der Waals surface area contributed by atoms with E-state index in [1.54, 1.807) is 20.4 Å². The highest BCUT2D eigenvalue weighted by Gasteiger charge is 2.06. The van der Waals surface area contributed by atoms with Gasteiger partial charge in [0.1, 0.15) is 5.82 Å². The number of amides is 1. The molecule has 0 saturated carbocycles. The van der Waals surface area contributed by atoms with E-state index in [1.807, 2.05) is 60.7 Å². The van der Waals surface area contributed by atoms with Crippen molar-refractivity contribution in [3.8, 4) is 11.5 Å². The average Bonchev–Trinajstić information content (AvgIpc) is 2.74. The number of aryl methyl sites for hydroxylation is 1. The first kappa shape index (κ1) is 19.2. The highest BCUT2D eigenvalue weighted by Crippen LogP contribution is 2.30. The van der Waals surface area contributed by atoms with E-state index in [-0.39, 0.29) is 5.91 Å². The standard InChI is InChI=1S/C22H23N3O3/c1-27-19-11-9-17(14-20(19)28-2)24-21-12-10-18(15-23-21)25-22(26)13-8-16-6-4-3-5-7-16/h3-7,9-12,14-15H,8,13H2,1-2H3,(H,23,24)(H,25,26). The first-order valence-corrected chi connectivity index (χ1v) is 8.97. The monoisotopic (exact) mass is 377 g/mol. The maximum atomic E-state index is 12.1. The first-order valence-electron chi connectivity index (χ1n) is 8.97. The van der Waals surface area contributed by atoms with Crippen LogP contribution in [0.3, 0.4) is 0 Å². The summed E-state index contributed by atoms with van der Waals surface area (Å²) in [5.41, 5.74) is 2.63. The summed E-state index contributed by atoms with van der Waals surface area (Å²) in [6, 6.07) is 19.1. The van der Waals surface area contributed by atoms with Gasteiger partial charge in [-0.15, -0.1) is 0 Å². The minimum Gasteiger partial charge on any atom is -0.493 e. The van der Waals surface area contributed by atoms with E-state index < -0.39 is 0 Å². The molecule has 0 spiro atoms. The van der Waals surface area contributed by atoms with Gasteiger partial charge in [0, 0.05) is 18.2 Å². The fourth-order valence-corrected chi connectivity index (χ4v) is 2.73. The summed E-state index contributed by atoms with van der Waals surface area (Å²) in [4.78, 5) is 16.5. The van der Waals surface area contributed by atoms with E-state index in [4.69, 9.17) is 9.47 Å². The first-order chi connectivity index (χ1) is 13.7. The van der Waals surface area contributed by atoms with Crippen LogP contribution in [0.4, 0.5) is 17.2 Å². The Morgan fingerprint density at radius 2 is 1.68 bits per heavy atom. The summed E-state index contributed by atoms with van der Waals surface area (Å²) in [5.74, 6) is 1.92. The van der Waals surface area contributed by atoms with Gasteiger partial charge in [-0.2, -0.15) is 0 Å². The van der Waals surface area contributed by atoms with E-state index >= 15 is 0 Å². The number of nitrogens with one attached hydrogen (secondary N) is 2. The lowest BCUT2D eigenvalue weighted by molar-refractivity contribution is -0.116.